The molecule has 0 saturated carbocycles. The normalized spacial score (nSPS) is 11.3. The molecule has 1 N–H and O–H groups in total. The van der Waals surface area contributed by atoms with Crippen LogP contribution in [0.15, 0.2) is 24.3 Å². The molecule has 7 heteroatoms. The minimum atomic E-state index is -4.45. The molecule has 28 heavy (non-hydrogen) atoms. The van der Waals surface area contributed by atoms with Gasteiger partial charge in [-0.25, -0.2) is 4.79 Å². The van der Waals surface area contributed by atoms with Crippen LogP contribution in [0.2, 0.25) is 0 Å². The number of alkyl halides is 3. The molecule has 0 fully saturated rings. The third kappa shape index (κ3) is 4.52. The second kappa shape index (κ2) is 8.04. The summed E-state index contributed by atoms with van der Waals surface area (Å²) in [7, 11) is 0. The van der Waals surface area contributed by atoms with Crippen LogP contribution in [0.5, 0.6) is 0 Å². The third-order valence-electron chi connectivity index (χ3n) is 5.03. The molecule has 0 spiro atoms. The fourth-order valence-electron chi connectivity index (χ4n) is 2.95. The molecule has 0 atom stereocenters. The minimum absolute atomic E-state index is 0.184. The third-order valence-corrected chi connectivity index (χ3v) is 5.03. The van der Waals surface area contributed by atoms with Crippen LogP contribution >= 0.6 is 0 Å². The Morgan fingerprint density at radius 2 is 1.32 bits per heavy atom. The molecular formula is C21H22F3NO3. The van der Waals surface area contributed by atoms with E-state index in [0.29, 0.717) is 5.56 Å². The molecule has 0 unspecified atom stereocenters. The number of carbonyl (C=O) groups is 2. The van der Waals surface area contributed by atoms with Gasteiger partial charge in [0.15, 0.2) is 6.61 Å². The number of carbonyl (C=O) groups excluding carboxylic acids is 2. The maximum atomic E-state index is 12.6. The first-order valence-corrected chi connectivity index (χ1v) is 8.64. The highest BCUT2D eigenvalue weighted by atomic mass is 19.4. The average molecular weight is 393 g/mol. The first-order valence-electron chi connectivity index (χ1n) is 8.64. The van der Waals surface area contributed by atoms with E-state index in [0.717, 1.165) is 52.1 Å². The Balaban J connectivity index is 2.05. The number of esters is 1. The standard InChI is InChI=1S/C21H22F3NO3/c1-11-12(2)14(4)19(15(5)13(11)3)20(27)28-10-18(26)25-17-8-6-16(7-9-17)21(22,23)24/h6-9H,10H2,1-5H3,(H,25,26). The highest BCUT2D eigenvalue weighted by Crippen LogP contribution is 2.30. The first kappa shape index (κ1) is 21.5. The van der Waals surface area contributed by atoms with Gasteiger partial charge < -0.3 is 10.1 Å². The van der Waals surface area contributed by atoms with Gasteiger partial charge in [-0.1, -0.05) is 0 Å². The Bertz CT molecular complexity index is 887. The molecule has 4 nitrogen and oxygen atoms in total. The molecule has 0 aromatic heterocycles. The number of rotatable bonds is 4. The topological polar surface area (TPSA) is 55.4 Å². The summed E-state index contributed by atoms with van der Waals surface area (Å²) < 4.78 is 42.8. The lowest BCUT2D eigenvalue weighted by atomic mass is 9.90. The zero-order valence-electron chi connectivity index (χ0n) is 16.4. The van der Waals surface area contributed by atoms with Gasteiger partial charge in [0.2, 0.25) is 0 Å². The molecule has 0 radical (unpaired) electrons. The molecule has 150 valence electrons. The van der Waals surface area contributed by atoms with Gasteiger partial charge >= 0.3 is 12.1 Å². The number of anilines is 1. The number of ether oxygens (including phenoxy) is 1. The van der Waals surface area contributed by atoms with Gasteiger partial charge in [0.1, 0.15) is 0 Å². The molecule has 0 aliphatic heterocycles. The first-order chi connectivity index (χ1) is 12.9. The summed E-state index contributed by atoms with van der Waals surface area (Å²) in [5.41, 5.74) is 4.49. The van der Waals surface area contributed by atoms with Gasteiger partial charge in [-0.2, -0.15) is 13.2 Å². The molecule has 2 aromatic carbocycles. The van der Waals surface area contributed by atoms with Crippen LogP contribution in [0.25, 0.3) is 0 Å². The summed E-state index contributed by atoms with van der Waals surface area (Å²) in [6.07, 6.45) is -4.45. The van der Waals surface area contributed by atoms with E-state index in [-0.39, 0.29) is 5.69 Å². The number of halogens is 3. The van der Waals surface area contributed by atoms with Gasteiger partial charge in [-0.15, -0.1) is 0 Å². The van der Waals surface area contributed by atoms with Crippen molar-refractivity contribution in [3.05, 3.63) is 63.2 Å². The van der Waals surface area contributed by atoms with Gasteiger partial charge in [0.05, 0.1) is 11.1 Å². The number of benzene rings is 2. The Morgan fingerprint density at radius 1 is 0.857 bits per heavy atom. The van der Waals surface area contributed by atoms with E-state index in [2.05, 4.69) is 5.32 Å². The predicted octanol–water partition coefficient (Wildman–Crippen LogP) is 5.04. The molecule has 1 amide bonds. The summed E-state index contributed by atoms with van der Waals surface area (Å²) in [5, 5.41) is 2.41. The molecule has 0 bridgehead atoms. The quantitative estimate of drug-likeness (QED) is 0.740. The second-order valence-electron chi connectivity index (χ2n) is 6.70. The lowest BCUT2D eigenvalue weighted by molar-refractivity contribution is -0.137. The van der Waals surface area contributed by atoms with Crippen LogP contribution in [0.4, 0.5) is 18.9 Å². The van der Waals surface area contributed by atoms with E-state index in [1.54, 1.807) is 0 Å². The van der Waals surface area contributed by atoms with Gasteiger partial charge in [0, 0.05) is 5.69 Å². The van der Waals surface area contributed by atoms with Crippen molar-refractivity contribution in [2.45, 2.75) is 40.8 Å². The average Bonchev–Trinajstić information content (AvgIpc) is 2.63. The molecule has 0 heterocycles. The second-order valence-corrected chi connectivity index (χ2v) is 6.70. The summed E-state index contributed by atoms with van der Waals surface area (Å²) in [6.45, 7) is 8.94. The van der Waals surface area contributed by atoms with E-state index in [1.807, 2.05) is 34.6 Å². The van der Waals surface area contributed by atoms with Crippen LogP contribution < -0.4 is 5.32 Å². The van der Waals surface area contributed by atoms with E-state index in [4.69, 9.17) is 4.74 Å². The molecule has 0 saturated heterocycles. The molecule has 2 rings (SSSR count). The van der Waals surface area contributed by atoms with Crippen molar-refractivity contribution in [3.63, 3.8) is 0 Å². The molecule has 0 aliphatic rings. The monoisotopic (exact) mass is 393 g/mol. The lowest BCUT2D eigenvalue weighted by Crippen LogP contribution is -2.22. The Kier molecular flexibility index (Phi) is 6.17. The Morgan fingerprint density at radius 3 is 1.79 bits per heavy atom. The summed E-state index contributed by atoms with van der Waals surface area (Å²) in [5.74, 6) is -1.24. The van der Waals surface area contributed by atoms with Crippen LogP contribution in [0, 0.1) is 34.6 Å². The van der Waals surface area contributed by atoms with Crippen LogP contribution in [0.1, 0.15) is 43.7 Å². The van der Waals surface area contributed by atoms with E-state index < -0.39 is 30.2 Å². The number of amides is 1. The number of hydrogen-bond donors (Lipinski definition) is 1. The minimum Gasteiger partial charge on any atom is -0.452 e. The van der Waals surface area contributed by atoms with E-state index >= 15 is 0 Å². The highest BCUT2D eigenvalue weighted by Gasteiger charge is 2.30. The zero-order chi connectivity index (χ0) is 21.2. The van der Waals surface area contributed by atoms with Crippen molar-refractivity contribution in [3.8, 4) is 0 Å². The highest BCUT2D eigenvalue weighted by molar-refractivity contribution is 5.97. The van der Waals surface area contributed by atoms with Crippen molar-refractivity contribution >= 4 is 17.6 Å². The molecular weight excluding hydrogens is 371 g/mol. The summed E-state index contributed by atoms with van der Waals surface area (Å²) >= 11 is 0. The van der Waals surface area contributed by atoms with Crippen molar-refractivity contribution in [1.29, 1.82) is 0 Å². The van der Waals surface area contributed by atoms with E-state index in [9.17, 15) is 22.8 Å². The largest absolute Gasteiger partial charge is 0.452 e. The van der Waals surface area contributed by atoms with Crippen molar-refractivity contribution < 1.29 is 27.5 Å². The Labute approximate surface area is 161 Å². The molecule has 0 aliphatic carbocycles. The summed E-state index contributed by atoms with van der Waals surface area (Å²) in [6, 6.07) is 4.02. The summed E-state index contributed by atoms with van der Waals surface area (Å²) in [4.78, 5) is 24.5. The fraction of sp³-hybridized carbons (Fsp3) is 0.333. The van der Waals surface area contributed by atoms with E-state index in [1.165, 1.54) is 0 Å². The van der Waals surface area contributed by atoms with Crippen molar-refractivity contribution in [2.24, 2.45) is 0 Å². The predicted molar refractivity (Wildman–Crippen MR) is 100 cm³/mol. The van der Waals surface area contributed by atoms with Gasteiger partial charge in [0.25, 0.3) is 5.91 Å². The van der Waals surface area contributed by atoms with Crippen LogP contribution in [-0.4, -0.2) is 18.5 Å². The SMILES string of the molecule is Cc1c(C)c(C)c(C(=O)OCC(=O)Nc2ccc(C(F)(F)F)cc2)c(C)c1C. The zero-order valence-corrected chi connectivity index (χ0v) is 16.4. The van der Waals surface area contributed by atoms with Crippen molar-refractivity contribution in [2.75, 3.05) is 11.9 Å². The number of nitrogens with one attached hydrogen (secondary N) is 1. The maximum absolute atomic E-state index is 12.6. The Hall–Kier alpha value is -2.83. The molecule has 2 aromatic rings. The van der Waals surface area contributed by atoms with Crippen molar-refractivity contribution in [1.82, 2.24) is 0 Å². The van der Waals surface area contributed by atoms with Crippen LogP contribution in [0.3, 0.4) is 0 Å². The fourth-order valence-corrected chi connectivity index (χ4v) is 2.95. The van der Waals surface area contributed by atoms with Gasteiger partial charge in [-0.3, -0.25) is 4.79 Å². The number of hydrogen-bond acceptors (Lipinski definition) is 3. The lowest BCUT2D eigenvalue weighted by Gasteiger charge is -2.17. The van der Waals surface area contributed by atoms with Crippen LogP contribution in [-0.2, 0) is 15.7 Å². The van der Waals surface area contributed by atoms with Gasteiger partial charge in [-0.05, 0) is 86.7 Å². The smallest absolute Gasteiger partial charge is 0.416 e. The maximum Gasteiger partial charge on any atom is 0.416 e.